The largest absolute Gasteiger partial charge is 0.353 e. The first-order valence-electron chi connectivity index (χ1n) is 10.1. The number of carbonyl (C=O) groups is 1. The number of carbonyl (C=O) groups excluding carboxylic acids is 1. The molecule has 160 valence electrons. The third-order valence-electron chi connectivity index (χ3n) is 5.39. The lowest BCUT2D eigenvalue weighted by Gasteiger charge is -2.35. The Bertz CT molecular complexity index is 1220. The maximum atomic E-state index is 13.2. The van der Waals surface area contributed by atoms with Gasteiger partial charge in [0.25, 0.3) is 5.91 Å². The van der Waals surface area contributed by atoms with Crippen LogP contribution in [0, 0.1) is 5.82 Å². The van der Waals surface area contributed by atoms with Crippen LogP contribution < -0.4 is 4.90 Å². The van der Waals surface area contributed by atoms with Gasteiger partial charge in [0, 0.05) is 43.4 Å². The van der Waals surface area contributed by atoms with Gasteiger partial charge in [0.1, 0.15) is 24.3 Å². The molecule has 2 aromatic carbocycles. The van der Waals surface area contributed by atoms with Crippen LogP contribution in [0.3, 0.4) is 0 Å². The standard InChI is InChI=1S/C22H19FN8O/c23-18-6-4-16(5-7-18)20-13-21(25-14-24-20)29-8-10-30(11-9-29)22(32)17-2-1-3-19(12-17)31-15-26-27-28-31/h1-7,12-15H,8-11H2. The maximum Gasteiger partial charge on any atom is 0.254 e. The van der Waals surface area contributed by atoms with Crippen molar-refractivity contribution in [2.45, 2.75) is 0 Å². The number of rotatable bonds is 4. The van der Waals surface area contributed by atoms with Gasteiger partial charge in [-0.25, -0.2) is 19.0 Å². The van der Waals surface area contributed by atoms with Crippen molar-refractivity contribution < 1.29 is 9.18 Å². The second-order valence-electron chi connectivity index (χ2n) is 7.35. The minimum Gasteiger partial charge on any atom is -0.353 e. The summed E-state index contributed by atoms with van der Waals surface area (Å²) in [4.78, 5) is 25.7. The van der Waals surface area contributed by atoms with E-state index in [9.17, 15) is 9.18 Å². The van der Waals surface area contributed by atoms with Gasteiger partial charge in [-0.05, 0) is 52.9 Å². The first kappa shape index (κ1) is 19.7. The van der Waals surface area contributed by atoms with Gasteiger partial charge in [0.05, 0.1) is 11.4 Å². The highest BCUT2D eigenvalue weighted by Crippen LogP contribution is 2.22. The quantitative estimate of drug-likeness (QED) is 0.490. The molecule has 4 aromatic rings. The molecule has 0 aliphatic carbocycles. The summed E-state index contributed by atoms with van der Waals surface area (Å²) in [5, 5.41) is 11.1. The van der Waals surface area contributed by atoms with E-state index >= 15 is 0 Å². The van der Waals surface area contributed by atoms with Crippen LogP contribution in [0.15, 0.2) is 67.3 Å². The van der Waals surface area contributed by atoms with Crippen molar-refractivity contribution in [3.05, 3.63) is 78.6 Å². The van der Waals surface area contributed by atoms with Crippen LogP contribution in [0.25, 0.3) is 16.9 Å². The summed E-state index contributed by atoms with van der Waals surface area (Å²) in [6.07, 6.45) is 3.00. The van der Waals surface area contributed by atoms with Gasteiger partial charge < -0.3 is 9.80 Å². The average Bonchev–Trinajstić information content (AvgIpc) is 3.40. The molecule has 32 heavy (non-hydrogen) atoms. The molecule has 0 saturated carbocycles. The number of anilines is 1. The Balaban J connectivity index is 1.26. The Labute approximate surface area is 183 Å². The summed E-state index contributed by atoms with van der Waals surface area (Å²) in [6.45, 7) is 2.45. The van der Waals surface area contributed by atoms with Crippen molar-refractivity contribution in [1.82, 2.24) is 35.1 Å². The Hall–Kier alpha value is -4.21. The number of tetrazole rings is 1. The number of halogens is 1. The molecule has 1 aliphatic rings. The first-order chi connectivity index (χ1) is 15.7. The van der Waals surface area contributed by atoms with Crippen molar-refractivity contribution in [3.63, 3.8) is 0 Å². The summed E-state index contributed by atoms with van der Waals surface area (Å²) in [5.74, 6) is 0.466. The fourth-order valence-electron chi connectivity index (χ4n) is 3.68. The van der Waals surface area contributed by atoms with E-state index in [2.05, 4.69) is 30.4 Å². The highest BCUT2D eigenvalue weighted by Gasteiger charge is 2.23. The summed E-state index contributed by atoms with van der Waals surface area (Å²) in [5.41, 5.74) is 2.88. The van der Waals surface area contributed by atoms with E-state index in [0.717, 1.165) is 22.8 Å². The molecular formula is C22H19FN8O. The number of nitrogens with zero attached hydrogens (tertiary/aromatic N) is 8. The van der Waals surface area contributed by atoms with Crippen LogP contribution in [0.5, 0.6) is 0 Å². The first-order valence-corrected chi connectivity index (χ1v) is 10.1. The monoisotopic (exact) mass is 430 g/mol. The van der Waals surface area contributed by atoms with Gasteiger partial charge in [0.15, 0.2) is 0 Å². The molecule has 2 aromatic heterocycles. The van der Waals surface area contributed by atoms with Gasteiger partial charge in [-0.2, -0.15) is 0 Å². The summed E-state index contributed by atoms with van der Waals surface area (Å²) < 4.78 is 14.7. The van der Waals surface area contributed by atoms with Crippen molar-refractivity contribution in [3.8, 4) is 16.9 Å². The van der Waals surface area contributed by atoms with Gasteiger partial charge in [0.2, 0.25) is 0 Å². The zero-order valence-corrected chi connectivity index (χ0v) is 17.0. The lowest BCUT2D eigenvalue weighted by molar-refractivity contribution is 0.0746. The lowest BCUT2D eigenvalue weighted by atomic mass is 10.1. The topological polar surface area (TPSA) is 92.9 Å². The highest BCUT2D eigenvalue weighted by atomic mass is 19.1. The van der Waals surface area contributed by atoms with E-state index < -0.39 is 0 Å². The van der Waals surface area contributed by atoms with Gasteiger partial charge in [-0.1, -0.05) is 6.07 Å². The number of benzene rings is 2. The van der Waals surface area contributed by atoms with Crippen LogP contribution in [-0.4, -0.2) is 67.2 Å². The normalized spacial score (nSPS) is 13.9. The van der Waals surface area contributed by atoms with Crippen molar-refractivity contribution in [1.29, 1.82) is 0 Å². The fourth-order valence-corrected chi connectivity index (χ4v) is 3.68. The lowest BCUT2D eigenvalue weighted by Crippen LogP contribution is -2.49. The summed E-state index contributed by atoms with van der Waals surface area (Å²) >= 11 is 0. The molecule has 3 heterocycles. The molecule has 0 N–H and O–H groups in total. The average molecular weight is 430 g/mol. The van der Waals surface area contributed by atoms with E-state index in [1.54, 1.807) is 24.3 Å². The number of hydrogen-bond acceptors (Lipinski definition) is 7. The molecule has 0 spiro atoms. The van der Waals surface area contributed by atoms with Crippen LogP contribution in [0.1, 0.15) is 10.4 Å². The number of hydrogen-bond donors (Lipinski definition) is 0. The zero-order chi connectivity index (χ0) is 21.9. The minimum absolute atomic E-state index is 0.0331. The van der Waals surface area contributed by atoms with E-state index in [1.165, 1.54) is 29.5 Å². The molecule has 0 radical (unpaired) electrons. The molecule has 0 unspecified atom stereocenters. The second kappa shape index (κ2) is 8.50. The third kappa shape index (κ3) is 4.02. The van der Waals surface area contributed by atoms with Crippen molar-refractivity contribution in [2.75, 3.05) is 31.1 Å². The number of piperazine rings is 1. The summed E-state index contributed by atoms with van der Waals surface area (Å²) in [6, 6.07) is 15.3. The Kier molecular flexibility index (Phi) is 5.24. The number of aromatic nitrogens is 6. The molecule has 1 saturated heterocycles. The van der Waals surface area contributed by atoms with E-state index in [1.807, 2.05) is 23.1 Å². The molecule has 0 atom stereocenters. The smallest absolute Gasteiger partial charge is 0.254 e. The third-order valence-corrected chi connectivity index (χ3v) is 5.39. The van der Waals surface area contributed by atoms with Gasteiger partial charge in [-0.3, -0.25) is 4.79 Å². The van der Waals surface area contributed by atoms with Gasteiger partial charge >= 0.3 is 0 Å². The molecule has 5 rings (SSSR count). The number of amides is 1. The van der Waals surface area contributed by atoms with Crippen molar-refractivity contribution in [2.24, 2.45) is 0 Å². The van der Waals surface area contributed by atoms with Crippen LogP contribution in [0.4, 0.5) is 10.2 Å². The fraction of sp³-hybridized carbons (Fsp3) is 0.182. The zero-order valence-electron chi connectivity index (χ0n) is 17.0. The minimum atomic E-state index is -0.285. The molecular weight excluding hydrogens is 411 g/mol. The molecule has 0 bridgehead atoms. The maximum absolute atomic E-state index is 13.2. The SMILES string of the molecule is O=C(c1cccc(-n2cnnn2)c1)N1CCN(c2cc(-c3ccc(F)cc3)ncn2)CC1. The second-order valence-corrected chi connectivity index (χ2v) is 7.35. The van der Waals surface area contributed by atoms with E-state index in [4.69, 9.17) is 0 Å². The molecule has 10 heteroatoms. The molecule has 1 amide bonds. The molecule has 9 nitrogen and oxygen atoms in total. The van der Waals surface area contributed by atoms with E-state index in [0.29, 0.717) is 31.7 Å². The summed E-state index contributed by atoms with van der Waals surface area (Å²) in [7, 11) is 0. The van der Waals surface area contributed by atoms with E-state index in [-0.39, 0.29) is 11.7 Å². The predicted molar refractivity (Wildman–Crippen MR) is 115 cm³/mol. The Morgan fingerprint density at radius 2 is 1.75 bits per heavy atom. The molecule has 1 aliphatic heterocycles. The molecule has 1 fully saturated rings. The van der Waals surface area contributed by atoms with Crippen LogP contribution in [0.2, 0.25) is 0 Å². The van der Waals surface area contributed by atoms with Crippen molar-refractivity contribution >= 4 is 11.7 Å². The van der Waals surface area contributed by atoms with Crippen LogP contribution >= 0.6 is 0 Å². The Morgan fingerprint density at radius 3 is 2.50 bits per heavy atom. The van der Waals surface area contributed by atoms with Crippen LogP contribution in [-0.2, 0) is 0 Å². The van der Waals surface area contributed by atoms with Gasteiger partial charge in [-0.15, -0.1) is 5.10 Å². The Morgan fingerprint density at radius 1 is 0.938 bits per heavy atom. The highest BCUT2D eigenvalue weighted by molar-refractivity contribution is 5.95. The predicted octanol–water partition coefficient (Wildman–Crippen LogP) is 2.22.